The quantitative estimate of drug-likeness (QED) is 0.748. The first-order valence-corrected chi connectivity index (χ1v) is 7.14. The first kappa shape index (κ1) is 14.8. The summed E-state index contributed by atoms with van der Waals surface area (Å²) in [5, 5.41) is 10.7. The number of rotatable bonds is 3. The summed E-state index contributed by atoms with van der Waals surface area (Å²) in [5.74, 6) is -0.611. The van der Waals surface area contributed by atoms with E-state index >= 15 is 0 Å². The largest absolute Gasteiger partial charge is 0.505 e. The number of Topliss-reactive ketones (excluding diaryl/α,β-unsaturated/α-hetero) is 1. The van der Waals surface area contributed by atoms with E-state index in [1.54, 1.807) is 24.3 Å². The molecule has 0 fully saturated rings. The topological polar surface area (TPSA) is 68.5 Å². The molecule has 0 aliphatic heterocycles. The van der Waals surface area contributed by atoms with Crippen LogP contribution < -0.4 is 0 Å². The van der Waals surface area contributed by atoms with Crippen molar-refractivity contribution < 1.29 is 19.4 Å². The number of fused-ring (bicyclic) bond motifs is 1. The molecular formula is C18H15NO4. The minimum atomic E-state index is -0.699. The number of para-hydroxylation sites is 1. The van der Waals surface area contributed by atoms with E-state index in [0.717, 1.165) is 10.1 Å². The number of carbonyl (C=O) groups is 2. The molecule has 23 heavy (non-hydrogen) atoms. The van der Waals surface area contributed by atoms with Crippen molar-refractivity contribution in [1.29, 1.82) is 0 Å². The molecule has 0 atom stereocenters. The number of hydrogen-bond donors (Lipinski definition) is 1. The zero-order chi connectivity index (χ0) is 16.4. The summed E-state index contributed by atoms with van der Waals surface area (Å²) in [4.78, 5) is 24.3. The maximum atomic E-state index is 12.4. The van der Waals surface area contributed by atoms with Crippen LogP contribution in [-0.2, 0) is 11.3 Å². The number of aromatic nitrogens is 1. The van der Waals surface area contributed by atoms with Gasteiger partial charge in [0.1, 0.15) is 12.3 Å². The second kappa shape index (κ2) is 5.96. The highest BCUT2D eigenvalue weighted by Gasteiger charge is 2.24. The normalized spacial score (nSPS) is 10.7. The summed E-state index contributed by atoms with van der Waals surface area (Å²) in [6.07, 6.45) is -0.699. The van der Waals surface area contributed by atoms with Gasteiger partial charge in [-0.3, -0.25) is 4.79 Å². The fourth-order valence-electron chi connectivity index (χ4n) is 2.52. The van der Waals surface area contributed by atoms with Crippen LogP contribution in [0, 0.1) is 0 Å². The van der Waals surface area contributed by atoms with E-state index in [1.165, 1.54) is 6.92 Å². The van der Waals surface area contributed by atoms with E-state index in [4.69, 9.17) is 4.74 Å². The molecule has 0 bridgehead atoms. The molecule has 5 nitrogen and oxygen atoms in total. The molecule has 0 amide bonds. The van der Waals surface area contributed by atoms with Crippen LogP contribution in [0.2, 0.25) is 0 Å². The number of carbonyl (C=O) groups excluding carboxylic acids is 2. The van der Waals surface area contributed by atoms with E-state index in [2.05, 4.69) is 0 Å². The van der Waals surface area contributed by atoms with E-state index in [-0.39, 0.29) is 18.1 Å². The number of aromatic hydroxyl groups is 1. The van der Waals surface area contributed by atoms with Gasteiger partial charge in [-0.15, -0.1) is 0 Å². The van der Waals surface area contributed by atoms with Crippen LogP contribution in [0.25, 0.3) is 10.9 Å². The van der Waals surface area contributed by atoms with Gasteiger partial charge in [-0.05, 0) is 17.7 Å². The first-order chi connectivity index (χ1) is 11.1. The average molecular weight is 309 g/mol. The molecule has 0 aliphatic carbocycles. The second-order valence-electron chi connectivity index (χ2n) is 5.15. The molecule has 1 aromatic heterocycles. The van der Waals surface area contributed by atoms with Crippen molar-refractivity contribution in [2.75, 3.05) is 0 Å². The third-order valence-corrected chi connectivity index (χ3v) is 3.57. The first-order valence-electron chi connectivity index (χ1n) is 7.14. The SMILES string of the molecule is CC(=O)c1c(O)c2ccccc2n1C(=O)OCc1ccccc1. The van der Waals surface area contributed by atoms with Gasteiger partial charge < -0.3 is 9.84 Å². The molecule has 0 radical (unpaired) electrons. The van der Waals surface area contributed by atoms with E-state index in [0.29, 0.717) is 10.9 Å². The van der Waals surface area contributed by atoms with Crippen LogP contribution in [0.1, 0.15) is 23.0 Å². The Labute approximate surface area is 132 Å². The van der Waals surface area contributed by atoms with Crippen molar-refractivity contribution in [2.24, 2.45) is 0 Å². The van der Waals surface area contributed by atoms with Crippen LogP contribution >= 0.6 is 0 Å². The van der Waals surface area contributed by atoms with E-state index in [9.17, 15) is 14.7 Å². The maximum Gasteiger partial charge on any atom is 0.419 e. The minimum absolute atomic E-state index is 0.0655. The highest BCUT2D eigenvalue weighted by atomic mass is 16.5. The monoisotopic (exact) mass is 309 g/mol. The van der Waals surface area contributed by atoms with Gasteiger partial charge in [0.2, 0.25) is 0 Å². The smallest absolute Gasteiger partial charge is 0.419 e. The van der Waals surface area contributed by atoms with Crippen LogP contribution in [0.15, 0.2) is 54.6 Å². The molecule has 1 N–H and O–H groups in total. The predicted octanol–water partition coefficient (Wildman–Crippen LogP) is 3.73. The Kier molecular flexibility index (Phi) is 3.85. The number of hydrogen-bond acceptors (Lipinski definition) is 4. The molecule has 3 rings (SSSR count). The van der Waals surface area contributed by atoms with Crippen molar-refractivity contribution in [2.45, 2.75) is 13.5 Å². The molecule has 0 spiro atoms. The third kappa shape index (κ3) is 2.68. The minimum Gasteiger partial charge on any atom is -0.505 e. The summed E-state index contributed by atoms with van der Waals surface area (Å²) < 4.78 is 6.41. The Morgan fingerprint density at radius 3 is 2.39 bits per heavy atom. The fourth-order valence-corrected chi connectivity index (χ4v) is 2.52. The van der Waals surface area contributed by atoms with Crippen molar-refractivity contribution in [3.63, 3.8) is 0 Å². The van der Waals surface area contributed by atoms with Gasteiger partial charge in [0, 0.05) is 12.3 Å². The Bertz CT molecular complexity index is 881. The van der Waals surface area contributed by atoms with Gasteiger partial charge in [0.05, 0.1) is 5.52 Å². The maximum absolute atomic E-state index is 12.4. The Hall–Kier alpha value is -3.08. The lowest BCUT2D eigenvalue weighted by molar-refractivity contribution is 0.0994. The van der Waals surface area contributed by atoms with Gasteiger partial charge in [-0.1, -0.05) is 42.5 Å². The summed E-state index contributed by atoms with van der Waals surface area (Å²) >= 11 is 0. The van der Waals surface area contributed by atoms with Crippen molar-refractivity contribution in [1.82, 2.24) is 4.57 Å². The summed E-state index contributed by atoms with van der Waals surface area (Å²) in [7, 11) is 0. The van der Waals surface area contributed by atoms with Crippen molar-refractivity contribution >= 4 is 22.8 Å². The second-order valence-corrected chi connectivity index (χ2v) is 5.15. The molecule has 0 saturated heterocycles. The number of ketones is 1. The van der Waals surface area contributed by atoms with E-state index in [1.807, 2.05) is 30.3 Å². The number of benzene rings is 2. The molecular weight excluding hydrogens is 294 g/mol. The Morgan fingerprint density at radius 2 is 1.70 bits per heavy atom. The van der Waals surface area contributed by atoms with Crippen molar-refractivity contribution in [3.8, 4) is 5.75 Å². The Balaban J connectivity index is 1.99. The highest BCUT2D eigenvalue weighted by Crippen LogP contribution is 2.32. The lowest BCUT2D eigenvalue weighted by atomic mass is 10.2. The lowest BCUT2D eigenvalue weighted by Gasteiger charge is -2.09. The number of nitrogens with zero attached hydrogens (tertiary/aromatic N) is 1. The lowest BCUT2D eigenvalue weighted by Crippen LogP contribution is -2.18. The number of ether oxygens (including phenoxy) is 1. The third-order valence-electron chi connectivity index (χ3n) is 3.57. The molecule has 1 heterocycles. The molecule has 0 saturated carbocycles. The molecule has 3 aromatic rings. The summed E-state index contributed by atoms with van der Waals surface area (Å²) in [5.41, 5.74) is 1.21. The van der Waals surface area contributed by atoms with Crippen molar-refractivity contribution in [3.05, 3.63) is 65.9 Å². The Morgan fingerprint density at radius 1 is 1.04 bits per heavy atom. The van der Waals surface area contributed by atoms with Crippen LogP contribution in [0.5, 0.6) is 5.75 Å². The van der Waals surface area contributed by atoms with E-state index < -0.39 is 11.9 Å². The fraction of sp³-hybridized carbons (Fsp3) is 0.111. The average Bonchev–Trinajstić information content (AvgIpc) is 2.87. The predicted molar refractivity (Wildman–Crippen MR) is 85.6 cm³/mol. The molecule has 2 aromatic carbocycles. The highest BCUT2D eigenvalue weighted by molar-refractivity contribution is 6.08. The van der Waals surface area contributed by atoms with Crippen LogP contribution in [0.4, 0.5) is 4.79 Å². The molecule has 116 valence electrons. The van der Waals surface area contributed by atoms with Crippen LogP contribution in [0.3, 0.4) is 0 Å². The van der Waals surface area contributed by atoms with Gasteiger partial charge in [-0.25, -0.2) is 9.36 Å². The standard InChI is InChI=1S/C18H15NO4/c1-12(20)16-17(21)14-9-5-6-10-15(14)19(16)18(22)23-11-13-7-3-2-4-8-13/h2-10,21H,11H2,1H3. The zero-order valence-electron chi connectivity index (χ0n) is 12.5. The summed E-state index contributed by atoms with van der Waals surface area (Å²) in [6.45, 7) is 1.39. The molecule has 0 aliphatic rings. The molecule has 5 heteroatoms. The van der Waals surface area contributed by atoms with Crippen LogP contribution in [-0.4, -0.2) is 21.6 Å². The van der Waals surface area contributed by atoms with Gasteiger partial charge in [0.25, 0.3) is 0 Å². The van der Waals surface area contributed by atoms with Gasteiger partial charge >= 0.3 is 6.09 Å². The van der Waals surface area contributed by atoms with Gasteiger partial charge in [-0.2, -0.15) is 0 Å². The van der Waals surface area contributed by atoms with Gasteiger partial charge in [0.15, 0.2) is 11.5 Å². The zero-order valence-corrected chi connectivity index (χ0v) is 12.5. The molecule has 0 unspecified atom stereocenters. The summed E-state index contributed by atoms with van der Waals surface area (Å²) in [6, 6.07) is 16.0.